The third-order valence-corrected chi connectivity index (χ3v) is 2.25. The van der Waals surface area contributed by atoms with Crippen molar-refractivity contribution >= 4 is 11.9 Å². The predicted molar refractivity (Wildman–Crippen MR) is 64.6 cm³/mol. The first kappa shape index (κ1) is 16.0. The fraction of sp³-hybridized carbons (Fsp3) is 0.385. The lowest BCUT2D eigenvalue weighted by atomic mass is 10.1. The van der Waals surface area contributed by atoms with E-state index in [1.807, 2.05) is 0 Å². The first-order valence-corrected chi connectivity index (χ1v) is 5.85. The maximum Gasteiger partial charge on any atom is 0.471 e. The third-order valence-electron chi connectivity index (χ3n) is 2.25. The van der Waals surface area contributed by atoms with Crippen LogP contribution in [0.3, 0.4) is 0 Å². The fourth-order valence-electron chi connectivity index (χ4n) is 1.44. The number of rotatable bonds is 4. The molecule has 0 bridgehead atoms. The number of carbonyl (C=O) groups is 2. The van der Waals surface area contributed by atoms with Crippen LogP contribution in [0.15, 0.2) is 30.3 Å². The molecule has 0 heterocycles. The molecule has 1 amide bonds. The summed E-state index contributed by atoms with van der Waals surface area (Å²) in [4.78, 5) is 22.8. The van der Waals surface area contributed by atoms with Gasteiger partial charge >= 0.3 is 18.1 Å². The number of alkyl halides is 3. The molecule has 1 rings (SSSR count). The van der Waals surface area contributed by atoms with Gasteiger partial charge in [0, 0.05) is 0 Å². The van der Waals surface area contributed by atoms with Crippen molar-refractivity contribution in [2.45, 2.75) is 32.2 Å². The summed E-state index contributed by atoms with van der Waals surface area (Å²) in [5, 5.41) is 1.64. The molecule has 0 spiro atoms. The maximum absolute atomic E-state index is 12.3. The second kappa shape index (κ2) is 6.40. The van der Waals surface area contributed by atoms with E-state index >= 15 is 0 Å². The second-order valence-corrected chi connectivity index (χ2v) is 4.30. The number of esters is 1. The van der Waals surface area contributed by atoms with E-state index in [0.29, 0.717) is 0 Å². The molecule has 0 aromatic heterocycles. The topological polar surface area (TPSA) is 55.4 Å². The van der Waals surface area contributed by atoms with E-state index in [4.69, 9.17) is 4.74 Å². The minimum absolute atomic E-state index is 0.218. The van der Waals surface area contributed by atoms with Crippen LogP contribution >= 0.6 is 0 Å². The van der Waals surface area contributed by atoms with Crippen LogP contribution in [0.1, 0.15) is 25.5 Å². The summed E-state index contributed by atoms with van der Waals surface area (Å²) in [6, 6.07) is 6.11. The molecule has 4 nitrogen and oxygen atoms in total. The molecule has 1 aromatic rings. The highest BCUT2D eigenvalue weighted by Crippen LogP contribution is 2.20. The molecule has 110 valence electrons. The number of carbonyl (C=O) groups excluding carboxylic acids is 2. The van der Waals surface area contributed by atoms with Gasteiger partial charge in [0.1, 0.15) is 0 Å². The Labute approximate surface area is 113 Å². The van der Waals surface area contributed by atoms with Crippen LogP contribution in [0, 0.1) is 0 Å². The van der Waals surface area contributed by atoms with Crippen LogP contribution in [0.2, 0.25) is 0 Å². The zero-order chi connectivity index (χ0) is 15.3. The zero-order valence-electron chi connectivity index (χ0n) is 10.9. The van der Waals surface area contributed by atoms with E-state index in [1.54, 1.807) is 37.4 Å². The Morgan fingerprint density at radius 1 is 1.15 bits per heavy atom. The Kier molecular flexibility index (Phi) is 5.12. The molecule has 7 heteroatoms. The van der Waals surface area contributed by atoms with Gasteiger partial charge in [-0.05, 0) is 19.4 Å². The van der Waals surface area contributed by atoms with Crippen molar-refractivity contribution in [3.05, 3.63) is 35.9 Å². The van der Waals surface area contributed by atoms with E-state index in [9.17, 15) is 22.8 Å². The fourth-order valence-corrected chi connectivity index (χ4v) is 1.44. The average molecular weight is 289 g/mol. The molecule has 1 aromatic carbocycles. The average Bonchev–Trinajstić information content (AvgIpc) is 2.34. The summed E-state index contributed by atoms with van der Waals surface area (Å²) >= 11 is 0. The van der Waals surface area contributed by atoms with Crippen LogP contribution in [-0.2, 0) is 14.3 Å². The van der Waals surface area contributed by atoms with Crippen molar-refractivity contribution in [1.82, 2.24) is 5.32 Å². The molecule has 0 aliphatic rings. The summed E-state index contributed by atoms with van der Waals surface area (Å²) in [7, 11) is 0. The van der Waals surface area contributed by atoms with E-state index in [1.165, 1.54) is 12.1 Å². The zero-order valence-corrected chi connectivity index (χ0v) is 10.9. The van der Waals surface area contributed by atoms with Gasteiger partial charge in [-0.25, -0.2) is 4.79 Å². The molecule has 0 radical (unpaired) electrons. The number of nitrogens with one attached hydrogen (secondary N) is 1. The van der Waals surface area contributed by atoms with Gasteiger partial charge in [-0.1, -0.05) is 30.3 Å². The normalized spacial score (nSPS) is 12.9. The van der Waals surface area contributed by atoms with Crippen LogP contribution in [-0.4, -0.2) is 24.2 Å². The largest absolute Gasteiger partial charge is 0.471 e. The van der Waals surface area contributed by atoms with Crippen LogP contribution in [0.4, 0.5) is 13.2 Å². The summed E-state index contributed by atoms with van der Waals surface area (Å²) < 4.78 is 41.7. The Morgan fingerprint density at radius 2 is 1.70 bits per heavy atom. The SMILES string of the molecule is CC(C)OC(=O)[C@@H](NC(=O)C(F)(F)F)c1ccccc1. The van der Waals surface area contributed by atoms with E-state index < -0.39 is 30.2 Å². The minimum atomic E-state index is -5.06. The molecular formula is C13H14F3NO3. The molecular weight excluding hydrogens is 275 g/mol. The number of hydrogen-bond acceptors (Lipinski definition) is 3. The number of halogens is 3. The van der Waals surface area contributed by atoms with Crippen LogP contribution in [0.5, 0.6) is 0 Å². The third kappa shape index (κ3) is 4.56. The lowest BCUT2D eigenvalue weighted by Gasteiger charge is -2.20. The van der Waals surface area contributed by atoms with Crippen molar-refractivity contribution in [3.63, 3.8) is 0 Å². The van der Waals surface area contributed by atoms with Gasteiger partial charge in [0.15, 0.2) is 6.04 Å². The van der Waals surface area contributed by atoms with Crippen molar-refractivity contribution in [2.75, 3.05) is 0 Å². The van der Waals surface area contributed by atoms with Crippen molar-refractivity contribution < 1.29 is 27.5 Å². The summed E-state index contributed by atoms with van der Waals surface area (Å²) in [5.41, 5.74) is 0.218. The number of hydrogen-bond donors (Lipinski definition) is 1. The summed E-state index contributed by atoms with van der Waals surface area (Å²) in [5.74, 6) is -3.13. The molecule has 0 aliphatic heterocycles. The Bertz CT molecular complexity index is 471. The summed E-state index contributed by atoms with van der Waals surface area (Å²) in [6.07, 6.45) is -5.57. The molecule has 0 saturated carbocycles. The lowest BCUT2D eigenvalue weighted by molar-refractivity contribution is -0.176. The molecule has 0 saturated heterocycles. The van der Waals surface area contributed by atoms with Gasteiger partial charge in [0.2, 0.25) is 0 Å². The molecule has 20 heavy (non-hydrogen) atoms. The van der Waals surface area contributed by atoms with Gasteiger partial charge < -0.3 is 10.1 Å². The van der Waals surface area contributed by atoms with Crippen LogP contribution < -0.4 is 5.32 Å². The van der Waals surface area contributed by atoms with Crippen molar-refractivity contribution in [1.29, 1.82) is 0 Å². The Hall–Kier alpha value is -2.05. The maximum atomic E-state index is 12.3. The Morgan fingerprint density at radius 3 is 2.15 bits per heavy atom. The molecule has 0 aliphatic carbocycles. The minimum Gasteiger partial charge on any atom is -0.461 e. The molecule has 0 unspecified atom stereocenters. The highest BCUT2D eigenvalue weighted by atomic mass is 19.4. The second-order valence-electron chi connectivity index (χ2n) is 4.30. The summed E-state index contributed by atoms with van der Waals surface area (Å²) in [6.45, 7) is 3.12. The van der Waals surface area contributed by atoms with Crippen LogP contribution in [0.25, 0.3) is 0 Å². The van der Waals surface area contributed by atoms with Gasteiger partial charge in [0.25, 0.3) is 0 Å². The molecule has 1 atom stereocenters. The van der Waals surface area contributed by atoms with Gasteiger partial charge in [-0.3, -0.25) is 4.79 Å². The highest BCUT2D eigenvalue weighted by molar-refractivity contribution is 5.88. The monoisotopic (exact) mass is 289 g/mol. The smallest absolute Gasteiger partial charge is 0.461 e. The van der Waals surface area contributed by atoms with Gasteiger partial charge in [-0.2, -0.15) is 13.2 Å². The van der Waals surface area contributed by atoms with E-state index in [-0.39, 0.29) is 5.56 Å². The molecule has 1 N–H and O–H groups in total. The van der Waals surface area contributed by atoms with Gasteiger partial charge in [-0.15, -0.1) is 0 Å². The standard InChI is InChI=1S/C13H14F3NO3/c1-8(2)20-11(18)10(9-6-4-3-5-7-9)17-12(19)13(14,15)16/h3-8,10H,1-2H3,(H,17,19)/t10-/m0/s1. The van der Waals surface area contributed by atoms with Gasteiger partial charge in [0.05, 0.1) is 6.10 Å². The Balaban J connectivity index is 2.97. The number of amides is 1. The van der Waals surface area contributed by atoms with Crippen molar-refractivity contribution in [2.24, 2.45) is 0 Å². The first-order valence-electron chi connectivity index (χ1n) is 5.85. The van der Waals surface area contributed by atoms with Crippen molar-refractivity contribution in [3.8, 4) is 0 Å². The molecule has 0 fully saturated rings. The quantitative estimate of drug-likeness (QED) is 0.866. The van der Waals surface area contributed by atoms with E-state index in [2.05, 4.69) is 0 Å². The number of ether oxygens (including phenoxy) is 1. The number of benzene rings is 1. The highest BCUT2D eigenvalue weighted by Gasteiger charge is 2.41. The lowest BCUT2D eigenvalue weighted by Crippen LogP contribution is -2.42. The van der Waals surface area contributed by atoms with E-state index in [0.717, 1.165) is 0 Å². The first-order chi connectivity index (χ1) is 9.21. The predicted octanol–water partition coefficient (Wildman–Crippen LogP) is 2.36.